The number of unbranched alkanes of at least 4 members (excludes halogenated alkanes) is 1. The quantitative estimate of drug-likeness (QED) is 0.150. The zero-order valence-electron chi connectivity index (χ0n) is 25.0. The van der Waals surface area contributed by atoms with Crippen molar-refractivity contribution in [3.8, 4) is 0 Å². The first-order valence-corrected chi connectivity index (χ1v) is 13.8. The molecular formula is C28H47N5O7. The van der Waals surface area contributed by atoms with Gasteiger partial charge in [0.1, 0.15) is 24.2 Å². The lowest BCUT2D eigenvalue weighted by atomic mass is 9.85. The molecule has 0 aromatic rings. The van der Waals surface area contributed by atoms with Gasteiger partial charge in [0.2, 0.25) is 17.6 Å². The molecular weight excluding hydrogens is 518 g/mol. The lowest BCUT2D eigenvalue weighted by Gasteiger charge is -2.35. The van der Waals surface area contributed by atoms with Gasteiger partial charge in [-0.1, -0.05) is 46.6 Å². The van der Waals surface area contributed by atoms with Crippen LogP contribution in [0.2, 0.25) is 0 Å². The molecule has 1 aliphatic heterocycles. The van der Waals surface area contributed by atoms with Crippen molar-refractivity contribution in [2.24, 2.45) is 5.41 Å². The standard InChI is InChI=1S/C28H47N5O7/c1-9-11-13-18(21(35)24(37)29-15-10-2)31-23(36)19-14-12-16-33(19)25(38)22(27(3,4)5)32-26(39)30-17-20(34)40-28(6,7)8/h10,18-19,22H,2,9,11-17H2,1,3-8H3,(H,29,37)(H,31,36)(H2,30,32,39)/t18?,19-,22+/m0/s1. The second-order valence-electron chi connectivity index (χ2n) is 12.0. The number of Topliss-reactive ketones (excluding diaryl/α,β-unsaturated/α-hetero) is 1. The van der Waals surface area contributed by atoms with Crippen molar-refractivity contribution >= 4 is 35.5 Å². The van der Waals surface area contributed by atoms with Gasteiger partial charge in [-0.3, -0.25) is 24.0 Å². The molecule has 0 aromatic heterocycles. The van der Waals surface area contributed by atoms with Crippen molar-refractivity contribution in [2.45, 2.75) is 104 Å². The number of carbonyl (C=O) groups is 6. The molecule has 0 saturated carbocycles. The zero-order chi connectivity index (χ0) is 30.7. The Hall–Kier alpha value is -3.44. The van der Waals surface area contributed by atoms with Crippen LogP contribution >= 0.6 is 0 Å². The molecule has 3 atom stereocenters. The normalized spacial score (nSPS) is 16.8. The van der Waals surface area contributed by atoms with Crippen LogP contribution in [0.15, 0.2) is 12.7 Å². The van der Waals surface area contributed by atoms with Gasteiger partial charge in [-0.15, -0.1) is 6.58 Å². The minimum Gasteiger partial charge on any atom is -0.459 e. The van der Waals surface area contributed by atoms with Crippen molar-refractivity contribution in [1.82, 2.24) is 26.2 Å². The maximum Gasteiger partial charge on any atom is 0.325 e. The number of nitrogens with one attached hydrogen (secondary N) is 4. The summed E-state index contributed by atoms with van der Waals surface area (Å²) in [4.78, 5) is 77.9. The number of nitrogens with zero attached hydrogens (tertiary/aromatic N) is 1. The van der Waals surface area contributed by atoms with Crippen molar-refractivity contribution < 1.29 is 33.5 Å². The number of carbonyl (C=O) groups excluding carboxylic acids is 6. The Balaban J connectivity index is 2.98. The van der Waals surface area contributed by atoms with E-state index in [1.54, 1.807) is 41.5 Å². The molecule has 1 aliphatic rings. The maximum atomic E-state index is 13.7. The van der Waals surface area contributed by atoms with Crippen LogP contribution in [-0.4, -0.2) is 83.8 Å². The summed E-state index contributed by atoms with van der Waals surface area (Å²) in [5.41, 5.74) is -1.44. The highest BCUT2D eigenvalue weighted by Crippen LogP contribution is 2.26. The summed E-state index contributed by atoms with van der Waals surface area (Å²) in [5.74, 6) is -3.18. The zero-order valence-corrected chi connectivity index (χ0v) is 25.0. The van der Waals surface area contributed by atoms with Crippen LogP contribution in [0.3, 0.4) is 0 Å². The highest BCUT2D eigenvalue weighted by molar-refractivity contribution is 6.38. The number of amides is 5. The van der Waals surface area contributed by atoms with Gasteiger partial charge in [0.05, 0.1) is 6.04 Å². The van der Waals surface area contributed by atoms with E-state index in [0.29, 0.717) is 19.3 Å². The topological polar surface area (TPSA) is 163 Å². The van der Waals surface area contributed by atoms with E-state index in [1.165, 1.54) is 11.0 Å². The van der Waals surface area contributed by atoms with Crippen molar-refractivity contribution in [2.75, 3.05) is 19.6 Å². The monoisotopic (exact) mass is 565 g/mol. The lowest BCUT2D eigenvalue weighted by molar-refractivity contribution is -0.153. The Labute approximate surface area is 237 Å². The van der Waals surface area contributed by atoms with Gasteiger partial charge in [0.25, 0.3) is 5.91 Å². The van der Waals surface area contributed by atoms with Crippen LogP contribution in [0.1, 0.15) is 80.6 Å². The number of esters is 1. The first-order chi connectivity index (χ1) is 18.5. The van der Waals surface area contributed by atoms with Crippen molar-refractivity contribution in [3.05, 3.63) is 12.7 Å². The Morgan fingerprint density at radius 1 is 1.02 bits per heavy atom. The average molecular weight is 566 g/mol. The summed E-state index contributed by atoms with van der Waals surface area (Å²) >= 11 is 0. The molecule has 0 aromatic carbocycles. The Bertz CT molecular complexity index is 952. The summed E-state index contributed by atoms with van der Waals surface area (Å²) in [6.45, 7) is 15.9. The van der Waals surface area contributed by atoms with Gasteiger partial charge in [-0.05, 0) is 45.4 Å². The van der Waals surface area contributed by atoms with Gasteiger partial charge >= 0.3 is 12.0 Å². The SMILES string of the molecule is C=CCNC(=O)C(=O)C(CCCC)NC(=O)[C@@H]1CCCN1C(=O)[C@@H](NC(=O)NCC(=O)OC(C)(C)C)C(C)(C)C. The van der Waals surface area contributed by atoms with Crippen LogP contribution in [0, 0.1) is 5.41 Å². The third-order valence-electron chi connectivity index (χ3n) is 6.15. The number of hydrogen-bond acceptors (Lipinski definition) is 7. The third kappa shape index (κ3) is 11.4. The van der Waals surface area contributed by atoms with E-state index in [2.05, 4.69) is 27.8 Å². The number of rotatable bonds is 13. The largest absolute Gasteiger partial charge is 0.459 e. The van der Waals surface area contributed by atoms with Gasteiger partial charge in [-0.25, -0.2) is 4.79 Å². The van der Waals surface area contributed by atoms with E-state index in [0.717, 1.165) is 6.42 Å². The van der Waals surface area contributed by atoms with Gasteiger partial charge in [0, 0.05) is 13.1 Å². The number of likely N-dealkylation sites (tertiary alicyclic amines) is 1. The van der Waals surface area contributed by atoms with Crippen LogP contribution < -0.4 is 21.3 Å². The summed E-state index contributed by atoms with van der Waals surface area (Å²) in [5, 5.41) is 10.2. The molecule has 0 radical (unpaired) electrons. The van der Waals surface area contributed by atoms with E-state index in [-0.39, 0.29) is 26.1 Å². The second-order valence-corrected chi connectivity index (χ2v) is 12.0. The molecule has 0 spiro atoms. The third-order valence-corrected chi connectivity index (χ3v) is 6.15. The summed E-state index contributed by atoms with van der Waals surface area (Å²) in [7, 11) is 0. The van der Waals surface area contributed by atoms with Gasteiger partial charge in [0.15, 0.2) is 0 Å². The molecule has 1 heterocycles. The van der Waals surface area contributed by atoms with Gasteiger partial charge < -0.3 is 30.9 Å². The van der Waals surface area contributed by atoms with Crippen molar-refractivity contribution in [1.29, 1.82) is 0 Å². The second kappa shape index (κ2) is 15.4. The molecule has 12 nitrogen and oxygen atoms in total. The number of hydrogen-bond donors (Lipinski definition) is 4. The molecule has 4 N–H and O–H groups in total. The average Bonchev–Trinajstić information content (AvgIpc) is 3.34. The predicted molar refractivity (Wildman–Crippen MR) is 150 cm³/mol. The Morgan fingerprint density at radius 2 is 1.68 bits per heavy atom. The number of urea groups is 1. The fraction of sp³-hybridized carbons (Fsp3) is 0.714. The first kappa shape index (κ1) is 34.6. The number of ether oxygens (including phenoxy) is 1. The molecule has 12 heteroatoms. The minimum atomic E-state index is -1.02. The summed E-state index contributed by atoms with van der Waals surface area (Å²) in [6, 6.07) is -3.63. The fourth-order valence-electron chi connectivity index (χ4n) is 4.18. The van der Waals surface area contributed by atoms with Crippen LogP contribution in [-0.2, 0) is 28.7 Å². The molecule has 1 saturated heterocycles. The predicted octanol–water partition coefficient (Wildman–Crippen LogP) is 1.58. The van der Waals surface area contributed by atoms with Crippen LogP contribution in [0.4, 0.5) is 4.79 Å². The Morgan fingerprint density at radius 3 is 2.23 bits per heavy atom. The highest BCUT2D eigenvalue weighted by Gasteiger charge is 2.42. The van der Waals surface area contributed by atoms with Crippen LogP contribution in [0.5, 0.6) is 0 Å². The minimum absolute atomic E-state index is 0.121. The Kier molecular flexibility index (Phi) is 13.3. The molecule has 1 unspecified atom stereocenters. The molecule has 0 aliphatic carbocycles. The molecule has 5 amide bonds. The molecule has 226 valence electrons. The molecule has 40 heavy (non-hydrogen) atoms. The van der Waals surface area contributed by atoms with E-state index >= 15 is 0 Å². The highest BCUT2D eigenvalue weighted by atomic mass is 16.6. The molecule has 1 rings (SSSR count). The molecule has 0 bridgehead atoms. The van der Waals surface area contributed by atoms with E-state index < -0.39 is 64.6 Å². The lowest BCUT2D eigenvalue weighted by Crippen LogP contribution is -2.60. The fourth-order valence-corrected chi connectivity index (χ4v) is 4.18. The summed E-state index contributed by atoms with van der Waals surface area (Å²) in [6.07, 6.45) is 4.04. The van der Waals surface area contributed by atoms with Crippen molar-refractivity contribution in [3.63, 3.8) is 0 Å². The first-order valence-electron chi connectivity index (χ1n) is 13.8. The van der Waals surface area contributed by atoms with Gasteiger partial charge in [-0.2, -0.15) is 0 Å². The maximum absolute atomic E-state index is 13.7. The summed E-state index contributed by atoms with van der Waals surface area (Å²) < 4.78 is 5.18. The number of ketones is 1. The van der Waals surface area contributed by atoms with Crippen LogP contribution in [0.25, 0.3) is 0 Å². The smallest absolute Gasteiger partial charge is 0.325 e. The van der Waals surface area contributed by atoms with E-state index in [9.17, 15) is 28.8 Å². The molecule has 1 fully saturated rings. The van der Waals surface area contributed by atoms with E-state index in [4.69, 9.17) is 4.74 Å². The van der Waals surface area contributed by atoms with E-state index in [1.807, 2.05) is 6.92 Å².